The summed E-state index contributed by atoms with van der Waals surface area (Å²) in [4.78, 5) is 2.51. The van der Waals surface area contributed by atoms with Crippen LogP contribution in [0.3, 0.4) is 0 Å². The largest absolute Gasteiger partial charge is 0.495 e. The van der Waals surface area contributed by atoms with Crippen LogP contribution in [0.2, 0.25) is 0 Å². The number of ether oxygens (including phenoxy) is 2. The monoisotopic (exact) mass is 505 g/mol. The molecule has 0 spiro atoms. The van der Waals surface area contributed by atoms with E-state index in [2.05, 4.69) is 4.98 Å². The Balaban J connectivity index is 2.01. The second kappa shape index (κ2) is 8.65. The molecular formula is C23H17F2NO6S2. The molecule has 0 unspecified atom stereocenters. The van der Waals surface area contributed by atoms with Gasteiger partial charge in [0.15, 0.2) is 0 Å². The molecular weight excluding hydrogens is 488 g/mol. The summed E-state index contributed by atoms with van der Waals surface area (Å²) in [5, 5.41) is 0.00279. The van der Waals surface area contributed by atoms with Crippen molar-refractivity contribution in [3.63, 3.8) is 0 Å². The van der Waals surface area contributed by atoms with Crippen molar-refractivity contribution in [3.8, 4) is 11.5 Å². The second-order valence-electron chi connectivity index (χ2n) is 7.08. The van der Waals surface area contributed by atoms with Crippen molar-refractivity contribution < 1.29 is 35.1 Å². The first-order chi connectivity index (χ1) is 16.1. The highest BCUT2D eigenvalue weighted by Gasteiger charge is 2.30. The van der Waals surface area contributed by atoms with E-state index in [1.165, 1.54) is 44.8 Å². The van der Waals surface area contributed by atoms with Gasteiger partial charge in [0.25, 0.3) is 0 Å². The maximum atomic E-state index is 13.9. The average Bonchev–Trinajstić information content (AvgIpc) is 2.83. The molecule has 1 aromatic heterocycles. The zero-order valence-corrected chi connectivity index (χ0v) is 19.5. The van der Waals surface area contributed by atoms with Gasteiger partial charge in [-0.2, -0.15) is 0 Å². The maximum Gasteiger partial charge on any atom is 0.211 e. The van der Waals surface area contributed by atoms with E-state index in [1.54, 1.807) is 0 Å². The maximum absolute atomic E-state index is 13.9. The Kier molecular flexibility index (Phi) is 6.00. The van der Waals surface area contributed by atoms with Crippen molar-refractivity contribution in [2.45, 2.75) is 19.6 Å². The van der Waals surface area contributed by atoms with Gasteiger partial charge in [0.05, 0.1) is 24.0 Å². The normalized spacial score (nSPS) is 12.0. The lowest BCUT2D eigenvalue weighted by molar-refractivity contribution is 0.400. The number of nitrogens with zero attached hydrogens (tertiary/aromatic N) is 1. The summed E-state index contributed by atoms with van der Waals surface area (Å²) in [5.41, 5.74) is 0. The van der Waals surface area contributed by atoms with E-state index in [9.17, 15) is 25.6 Å². The minimum absolute atomic E-state index is 0.0229. The number of hydrogen-bond donors (Lipinski definition) is 0. The molecule has 0 aliphatic rings. The molecule has 0 atom stereocenters. The van der Waals surface area contributed by atoms with E-state index < -0.39 is 41.1 Å². The lowest BCUT2D eigenvalue weighted by Gasteiger charge is -2.15. The van der Waals surface area contributed by atoms with E-state index in [0.29, 0.717) is 0 Å². The van der Waals surface area contributed by atoms with Crippen molar-refractivity contribution in [2.24, 2.45) is 0 Å². The fraction of sp³-hybridized carbons (Fsp3) is 0.0870. The van der Waals surface area contributed by atoms with Crippen LogP contribution >= 0.6 is 0 Å². The van der Waals surface area contributed by atoms with Gasteiger partial charge in [-0.05, 0) is 54.6 Å². The van der Waals surface area contributed by atoms with Crippen LogP contribution < -0.4 is 9.47 Å². The average molecular weight is 506 g/mol. The lowest BCUT2D eigenvalue weighted by Crippen LogP contribution is -2.09. The highest BCUT2D eigenvalue weighted by atomic mass is 32.2. The third kappa shape index (κ3) is 3.86. The van der Waals surface area contributed by atoms with Gasteiger partial charge in [0, 0.05) is 23.2 Å². The molecule has 4 aromatic rings. The number of aromatic nitrogens is 1. The van der Waals surface area contributed by atoms with Crippen molar-refractivity contribution in [2.75, 3.05) is 14.2 Å². The smallest absolute Gasteiger partial charge is 0.211 e. The van der Waals surface area contributed by atoms with Crippen LogP contribution in [0.5, 0.6) is 11.5 Å². The van der Waals surface area contributed by atoms with Gasteiger partial charge in [0.2, 0.25) is 19.7 Å². The molecule has 11 heteroatoms. The number of rotatable bonds is 6. The molecule has 34 heavy (non-hydrogen) atoms. The minimum atomic E-state index is -4.36. The molecule has 0 aliphatic carbocycles. The van der Waals surface area contributed by atoms with E-state index in [1.807, 2.05) is 0 Å². The Morgan fingerprint density at radius 2 is 1.12 bits per heavy atom. The molecule has 0 radical (unpaired) electrons. The fourth-order valence-corrected chi connectivity index (χ4v) is 6.82. The molecule has 0 saturated carbocycles. The van der Waals surface area contributed by atoms with E-state index in [-0.39, 0.29) is 32.1 Å². The van der Waals surface area contributed by atoms with Gasteiger partial charge in [0.1, 0.15) is 32.9 Å². The summed E-state index contributed by atoms with van der Waals surface area (Å²) in [6.07, 6.45) is 2.49. The molecule has 4 rings (SSSR count). The minimum Gasteiger partial charge on any atom is -0.495 e. The van der Waals surface area contributed by atoms with Gasteiger partial charge < -0.3 is 9.47 Å². The van der Waals surface area contributed by atoms with Gasteiger partial charge in [-0.3, -0.25) is 4.98 Å². The summed E-state index contributed by atoms with van der Waals surface area (Å²) in [6, 6.07) is 9.63. The zero-order valence-electron chi connectivity index (χ0n) is 17.8. The number of hydrogen-bond acceptors (Lipinski definition) is 7. The van der Waals surface area contributed by atoms with Crippen molar-refractivity contribution in [1.82, 2.24) is 4.98 Å². The highest BCUT2D eigenvalue weighted by molar-refractivity contribution is 7.92. The molecule has 0 bridgehead atoms. The third-order valence-corrected chi connectivity index (χ3v) is 8.81. The van der Waals surface area contributed by atoms with E-state index >= 15 is 0 Å². The summed E-state index contributed by atoms with van der Waals surface area (Å²) < 4.78 is 91.8. The topological polar surface area (TPSA) is 99.6 Å². The van der Waals surface area contributed by atoms with Gasteiger partial charge in [-0.1, -0.05) is 0 Å². The summed E-state index contributed by atoms with van der Waals surface area (Å²) in [6.45, 7) is 0. The number of halogens is 2. The van der Waals surface area contributed by atoms with Gasteiger partial charge in [-0.25, -0.2) is 25.6 Å². The number of benzene rings is 3. The van der Waals surface area contributed by atoms with Crippen LogP contribution in [0.15, 0.2) is 86.6 Å². The van der Waals surface area contributed by atoms with Crippen LogP contribution in [0.25, 0.3) is 10.8 Å². The number of pyridine rings is 1. The molecule has 7 nitrogen and oxygen atoms in total. The Hall–Kier alpha value is -3.57. The quantitative estimate of drug-likeness (QED) is 0.387. The molecule has 176 valence electrons. The number of fused-ring (bicyclic) bond motifs is 1. The lowest BCUT2D eigenvalue weighted by atomic mass is 10.2. The van der Waals surface area contributed by atoms with Gasteiger partial charge >= 0.3 is 0 Å². The molecule has 3 aromatic carbocycles. The van der Waals surface area contributed by atoms with Crippen molar-refractivity contribution in [3.05, 3.63) is 78.6 Å². The Bertz CT molecular complexity index is 1520. The molecule has 0 fully saturated rings. The Morgan fingerprint density at radius 3 is 1.59 bits per heavy atom. The molecule has 1 heterocycles. The van der Waals surface area contributed by atoms with Crippen LogP contribution in [0.1, 0.15) is 0 Å². The summed E-state index contributed by atoms with van der Waals surface area (Å²) in [5.74, 6) is -1.74. The van der Waals surface area contributed by atoms with Crippen molar-refractivity contribution >= 4 is 30.4 Å². The molecule has 0 amide bonds. The molecule has 0 N–H and O–H groups in total. The highest BCUT2D eigenvalue weighted by Crippen LogP contribution is 2.38. The van der Waals surface area contributed by atoms with Crippen LogP contribution in [0, 0.1) is 11.6 Å². The predicted octanol–water partition coefficient (Wildman–Crippen LogP) is 4.20. The SMILES string of the molecule is COc1ccc(F)cc1S(=O)(=O)c1ccc(S(=O)(=O)c2cc(F)ccc2OC)c2cnccc12. The first-order valence-corrected chi connectivity index (χ1v) is 12.6. The molecule has 0 saturated heterocycles. The van der Waals surface area contributed by atoms with Crippen LogP contribution in [-0.2, 0) is 19.7 Å². The first kappa shape index (κ1) is 23.6. The third-order valence-electron chi connectivity index (χ3n) is 5.15. The number of methoxy groups -OCH3 is 2. The van der Waals surface area contributed by atoms with Crippen LogP contribution in [-0.4, -0.2) is 36.0 Å². The van der Waals surface area contributed by atoms with E-state index in [4.69, 9.17) is 9.47 Å². The van der Waals surface area contributed by atoms with Crippen molar-refractivity contribution in [1.29, 1.82) is 0 Å². The fourth-order valence-electron chi connectivity index (χ4n) is 3.56. The standard InChI is InChI=1S/C23H17F2NO6S2/c1-31-18-5-3-14(24)11-22(18)33(27,28)20-7-8-21(17-13-26-10-9-16(17)20)34(29,30)23-12-15(25)4-6-19(23)32-2/h3-13H,1-2H3. The Morgan fingerprint density at radius 1 is 0.647 bits per heavy atom. The Labute approximate surface area is 194 Å². The second-order valence-corrected chi connectivity index (χ2v) is 10.9. The number of sulfone groups is 2. The van der Waals surface area contributed by atoms with Crippen LogP contribution in [0.4, 0.5) is 8.78 Å². The van der Waals surface area contributed by atoms with Gasteiger partial charge in [-0.15, -0.1) is 0 Å². The van der Waals surface area contributed by atoms with E-state index in [0.717, 1.165) is 36.4 Å². The first-order valence-electron chi connectivity index (χ1n) is 9.65. The zero-order chi connectivity index (χ0) is 24.7. The predicted molar refractivity (Wildman–Crippen MR) is 119 cm³/mol. The summed E-state index contributed by atoms with van der Waals surface area (Å²) in [7, 11) is -6.22. The summed E-state index contributed by atoms with van der Waals surface area (Å²) >= 11 is 0. The molecule has 0 aliphatic heterocycles.